The minimum absolute atomic E-state index is 0.376. The maximum Gasteiger partial charge on any atom is 0.376 e. The lowest BCUT2D eigenvalue weighted by molar-refractivity contribution is 0.0856. The first kappa shape index (κ1) is 19.0. The van der Waals surface area contributed by atoms with E-state index in [1.165, 1.54) is 6.42 Å². The number of allylic oxidation sites excluding steroid dienone is 1. The summed E-state index contributed by atoms with van der Waals surface area (Å²) in [6.45, 7) is 10.0. The highest BCUT2D eigenvalue weighted by molar-refractivity contribution is 7.99. The Morgan fingerprint density at radius 2 is 2.12 bits per heavy atom. The third-order valence-corrected chi connectivity index (χ3v) is 6.55. The molecule has 25 heavy (non-hydrogen) atoms. The lowest BCUT2D eigenvalue weighted by atomic mass is 9.68. The second-order valence-electron chi connectivity index (χ2n) is 6.99. The number of halogens is 1. The largest absolute Gasteiger partial charge is 0.437 e. The molecule has 2 unspecified atom stereocenters. The fraction of sp³-hybridized carbons (Fsp3) is 0.556. The summed E-state index contributed by atoms with van der Waals surface area (Å²) < 4.78 is 0. The standard InChI is InChI=1S/C18H25BClN3OS/c1-4-8-25-16-11-17(20)21-22-18(16)12(2)13-9-14-6-5-7-15(10-13)23(14)19(3)24/h4,11,13-15,24H,1-2,5-10H2,3H3. The van der Waals surface area contributed by atoms with E-state index >= 15 is 0 Å². The van der Waals surface area contributed by atoms with Crippen LogP contribution in [0.5, 0.6) is 0 Å². The Labute approximate surface area is 159 Å². The zero-order valence-electron chi connectivity index (χ0n) is 14.7. The van der Waals surface area contributed by atoms with Crippen molar-refractivity contribution >= 4 is 36.0 Å². The summed E-state index contributed by atoms with van der Waals surface area (Å²) in [5.74, 6) is 1.18. The molecule has 3 rings (SSSR count). The molecule has 0 aliphatic carbocycles. The Morgan fingerprint density at radius 1 is 1.44 bits per heavy atom. The van der Waals surface area contributed by atoms with Crippen LogP contribution in [-0.4, -0.2) is 44.9 Å². The Hall–Kier alpha value is -0.815. The maximum absolute atomic E-state index is 10.2. The molecule has 1 aromatic heterocycles. The van der Waals surface area contributed by atoms with Crippen molar-refractivity contribution in [2.75, 3.05) is 5.75 Å². The Kier molecular flexibility index (Phi) is 6.26. The van der Waals surface area contributed by atoms with Crippen molar-refractivity contribution in [1.82, 2.24) is 15.0 Å². The van der Waals surface area contributed by atoms with Crippen LogP contribution in [0.1, 0.15) is 37.8 Å². The average Bonchev–Trinajstić information content (AvgIpc) is 2.58. The number of hydrogen-bond donors (Lipinski definition) is 1. The lowest BCUT2D eigenvalue weighted by Gasteiger charge is -2.50. The first-order valence-electron chi connectivity index (χ1n) is 8.92. The highest BCUT2D eigenvalue weighted by Crippen LogP contribution is 2.43. The van der Waals surface area contributed by atoms with Gasteiger partial charge in [0.05, 0.1) is 0 Å². The number of hydrogen-bond acceptors (Lipinski definition) is 5. The van der Waals surface area contributed by atoms with Gasteiger partial charge in [-0.15, -0.1) is 28.5 Å². The van der Waals surface area contributed by atoms with Gasteiger partial charge in [0.2, 0.25) is 0 Å². The molecule has 2 aliphatic rings. The van der Waals surface area contributed by atoms with Crippen LogP contribution in [0.4, 0.5) is 0 Å². The average molecular weight is 378 g/mol. The molecule has 0 spiro atoms. The smallest absolute Gasteiger partial charge is 0.376 e. The number of thioether (sulfide) groups is 1. The van der Waals surface area contributed by atoms with Crippen molar-refractivity contribution in [3.05, 3.63) is 36.1 Å². The summed E-state index contributed by atoms with van der Waals surface area (Å²) >= 11 is 7.71. The lowest BCUT2D eigenvalue weighted by Crippen LogP contribution is -2.57. The van der Waals surface area contributed by atoms with Crippen molar-refractivity contribution in [1.29, 1.82) is 0 Å². The summed E-state index contributed by atoms with van der Waals surface area (Å²) in [6.07, 6.45) is 7.47. The molecular formula is C18H25BClN3OS. The molecule has 0 amide bonds. The molecule has 2 bridgehead atoms. The number of nitrogens with zero attached hydrogens (tertiary/aromatic N) is 3. The van der Waals surface area contributed by atoms with Gasteiger partial charge in [-0.1, -0.05) is 30.7 Å². The fourth-order valence-electron chi connectivity index (χ4n) is 4.34. The molecule has 0 radical (unpaired) electrons. The van der Waals surface area contributed by atoms with Gasteiger partial charge in [-0.05, 0) is 50.1 Å². The van der Waals surface area contributed by atoms with Crippen LogP contribution in [0.15, 0.2) is 30.2 Å². The van der Waals surface area contributed by atoms with Gasteiger partial charge in [0.25, 0.3) is 0 Å². The molecule has 2 aliphatic heterocycles. The Morgan fingerprint density at radius 3 is 2.72 bits per heavy atom. The quantitative estimate of drug-likeness (QED) is 0.458. The van der Waals surface area contributed by atoms with Crippen LogP contribution in [0, 0.1) is 5.92 Å². The summed E-state index contributed by atoms with van der Waals surface area (Å²) in [5, 5.41) is 19.0. The second-order valence-corrected chi connectivity index (χ2v) is 8.44. The molecule has 2 atom stereocenters. The van der Waals surface area contributed by atoms with Gasteiger partial charge in [0.15, 0.2) is 5.15 Å². The highest BCUT2D eigenvalue weighted by atomic mass is 35.5. The number of aromatic nitrogens is 2. The van der Waals surface area contributed by atoms with E-state index < -0.39 is 0 Å². The Balaban J connectivity index is 1.81. The summed E-state index contributed by atoms with van der Waals surface area (Å²) in [4.78, 5) is 3.32. The van der Waals surface area contributed by atoms with Gasteiger partial charge < -0.3 is 9.83 Å². The van der Waals surface area contributed by atoms with E-state index in [0.717, 1.165) is 47.6 Å². The molecule has 134 valence electrons. The number of fused-ring (bicyclic) bond motifs is 2. The van der Waals surface area contributed by atoms with E-state index in [2.05, 4.69) is 28.2 Å². The highest BCUT2D eigenvalue weighted by Gasteiger charge is 2.42. The molecule has 4 nitrogen and oxygen atoms in total. The molecule has 7 heteroatoms. The molecular weight excluding hydrogens is 353 g/mol. The third-order valence-electron chi connectivity index (χ3n) is 5.35. The van der Waals surface area contributed by atoms with Crippen LogP contribution in [0.25, 0.3) is 5.57 Å². The van der Waals surface area contributed by atoms with E-state index in [9.17, 15) is 5.02 Å². The molecule has 2 fully saturated rings. The van der Waals surface area contributed by atoms with E-state index in [1.54, 1.807) is 11.8 Å². The molecule has 2 saturated heterocycles. The van der Waals surface area contributed by atoms with Crippen molar-refractivity contribution in [3.8, 4) is 0 Å². The predicted molar refractivity (Wildman–Crippen MR) is 107 cm³/mol. The summed E-state index contributed by atoms with van der Waals surface area (Å²) in [6, 6.07) is 2.73. The zero-order chi connectivity index (χ0) is 18.0. The van der Waals surface area contributed by atoms with Gasteiger partial charge in [-0.25, -0.2) is 0 Å². The van der Waals surface area contributed by atoms with Gasteiger partial charge in [0.1, 0.15) is 5.69 Å². The van der Waals surface area contributed by atoms with Crippen LogP contribution >= 0.6 is 23.4 Å². The molecule has 1 N–H and O–H groups in total. The van der Waals surface area contributed by atoms with Crippen LogP contribution in [0.2, 0.25) is 12.0 Å². The van der Waals surface area contributed by atoms with E-state index in [1.807, 2.05) is 19.0 Å². The van der Waals surface area contributed by atoms with Crippen molar-refractivity contribution in [2.24, 2.45) is 5.92 Å². The van der Waals surface area contributed by atoms with Crippen molar-refractivity contribution in [3.63, 3.8) is 0 Å². The van der Waals surface area contributed by atoms with E-state index in [0.29, 0.717) is 23.2 Å². The number of rotatable bonds is 6. The minimum atomic E-state index is -0.376. The Bertz CT molecular complexity index is 643. The third kappa shape index (κ3) is 4.13. The van der Waals surface area contributed by atoms with Crippen LogP contribution < -0.4 is 0 Å². The van der Waals surface area contributed by atoms with Gasteiger partial charge in [-0.3, -0.25) is 0 Å². The molecule has 0 aromatic carbocycles. The van der Waals surface area contributed by atoms with E-state index in [-0.39, 0.29) is 7.05 Å². The SMILES string of the molecule is C=CCSc1cc(Cl)nnc1C(=C)C1CC2CCCC(C1)N2B(C)O. The summed E-state index contributed by atoms with van der Waals surface area (Å²) in [5.41, 5.74) is 1.92. The molecule has 3 heterocycles. The fourth-order valence-corrected chi connectivity index (χ4v) is 5.35. The minimum Gasteiger partial charge on any atom is -0.437 e. The monoisotopic (exact) mass is 377 g/mol. The normalized spacial score (nSPS) is 26.3. The first-order valence-corrected chi connectivity index (χ1v) is 10.3. The number of piperidine rings is 2. The van der Waals surface area contributed by atoms with Crippen LogP contribution in [-0.2, 0) is 0 Å². The zero-order valence-corrected chi connectivity index (χ0v) is 16.3. The van der Waals surface area contributed by atoms with Crippen molar-refractivity contribution < 1.29 is 5.02 Å². The van der Waals surface area contributed by atoms with Crippen LogP contribution in [0.3, 0.4) is 0 Å². The first-order chi connectivity index (χ1) is 12.0. The topological polar surface area (TPSA) is 49.2 Å². The molecule has 1 aromatic rings. The van der Waals surface area contributed by atoms with Crippen molar-refractivity contribution in [2.45, 2.75) is 55.9 Å². The molecule has 0 saturated carbocycles. The van der Waals surface area contributed by atoms with Gasteiger partial charge >= 0.3 is 7.05 Å². The predicted octanol–water partition coefficient (Wildman–Crippen LogP) is 4.16. The summed E-state index contributed by atoms with van der Waals surface area (Å²) in [7, 11) is -0.376. The van der Waals surface area contributed by atoms with Gasteiger partial charge in [0, 0.05) is 22.7 Å². The maximum atomic E-state index is 10.2. The second kappa shape index (κ2) is 8.25. The van der Waals surface area contributed by atoms with Gasteiger partial charge in [-0.2, -0.15) is 0 Å². The van der Waals surface area contributed by atoms with E-state index in [4.69, 9.17) is 11.6 Å².